The van der Waals surface area contributed by atoms with Gasteiger partial charge >= 0.3 is 0 Å². The number of aryl methyl sites for hydroxylation is 1. The number of carbonyl (C=O) groups is 2. The molecule has 0 radical (unpaired) electrons. The van der Waals surface area contributed by atoms with Crippen LogP contribution in [0.2, 0.25) is 0 Å². The van der Waals surface area contributed by atoms with Crippen molar-refractivity contribution in [3.63, 3.8) is 0 Å². The first-order valence-corrected chi connectivity index (χ1v) is 8.72. The van der Waals surface area contributed by atoms with Gasteiger partial charge in [-0.25, -0.2) is 0 Å². The lowest BCUT2D eigenvalue weighted by atomic mass is 9.63. The van der Waals surface area contributed by atoms with Gasteiger partial charge in [-0.2, -0.15) is 10.1 Å². The van der Waals surface area contributed by atoms with Crippen LogP contribution < -0.4 is 0 Å². The Bertz CT molecular complexity index is 723. The number of allylic oxidation sites excluding steroid dienone is 2. The van der Waals surface area contributed by atoms with Gasteiger partial charge in [-0.3, -0.25) is 9.59 Å². The van der Waals surface area contributed by atoms with Crippen molar-refractivity contribution in [3.05, 3.63) is 46.0 Å². The fourth-order valence-corrected chi connectivity index (χ4v) is 4.38. The van der Waals surface area contributed by atoms with Crippen molar-refractivity contribution in [3.8, 4) is 0 Å². The number of benzene rings is 1. The Morgan fingerprint density at radius 3 is 2.26 bits per heavy atom. The SMILES string of the molecule is Cc1ccc(/C=N\N2C(=O)[C@@H]3[C@H](C2=O)[C@H]2C=C[C@@H]3CC2)cc1Br. The molecule has 5 rings (SSSR count). The van der Waals surface area contributed by atoms with Crippen molar-refractivity contribution in [2.75, 3.05) is 0 Å². The Hall–Kier alpha value is -1.75. The maximum Gasteiger partial charge on any atom is 0.254 e. The lowest BCUT2D eigenvalue weighted by Gasteiger charge is -2.37. The summed E-state index contributed by atoms with van der Waals surface area (Å²) in [6.45, 7) is 2.01. The maximum atomic E-state index is 12.6. The third-order valence-corrected chi connectivity index (χ3v) is 6.11. The van der Waals surface area contributed by atoms with E-state index in [1.165, 1.54) is 0 Å². The van der Waals surface area contributed by atoms with Gasteiger partial charge in [-0.15, -0.1) is 0 Å². The molecule has 2 fully saturated rings. The Kier molecular flexibility index (Phi) is 3.48. The van der Waals surface area contributed by atoms with E-state index in [4.69, 9.17) is 0 Å². The first-order chi connectivity index (χ1) is 11.1. The van der Waals surface area contributed by atoms with Crippen molar-refractivity contribution in [1.82, 2.24) is 5.01 Å². The van der Waals surface area contributed by atoms with Crippen molar-refractivity contribution in [2.24, 2.45) is 28.8 Å². The molecule has 1 saturated heterocycles. The van der Waals surface area contributed by atoms with E-state index in [9.17, 15) is 9.59 Å². The van der Waals surface area contributed by atoms with Gasteiger partial charge in [0, 0.05) is 4.47 Å². The quantitative estimate of drug-likeness (QED) is 0.454. The molecule has 3 aliphatic carbocycles. The minimum atomic E-state index is -0.201. The van der Waals surface area contributed by atoms with E-state index in [-0.39, 0.29) is 35.5 Å². The lowest BCUT2D eigenvalue weighted by Crippen LogP contribution is -2.38. The van der Waals surface area contributed by atoms with Gasteiger partial charge in [0.2, 0.25) is 0 Å². The molecule has 118 valence electrons. The molecule has 4 aliphatic rings. The van der Waals surface area contributed by atoms with Gasteiger partial charge in [-0.05, 0) is 48.8 Å². The summed E-state index contributed by atoms with van der Waals surface area (Å²) in [5.74, 6) is -0.269. The van der Waals surface area contributed by atoms with Gasteiger partial charge in [0.1, 0.15) is 0 Å². The Balaban J connectivity index is 1.60. The fourth-order valence-electron chi connectivity index (χ4n) is 3.99. The molecule has 0 N–H and O–H groups in total. The summed E-state index contributed by atoms with van der Waals surface area (Å²) in [6, 6.07) is 5.83. The highest BCUT2D eigenvalue weighted by atomic mass is 79.9. The second kappa shape index (κ2) is 5.41. The van der Waals surface area contributed by atoms with Crippen LogP contribution in [-0.4, -0.2) is 23.0 Å². The lowest BCUT2D eigenvalue weighted by molar-refractivity contribution is -0.140. The minimum absolute atomic E-state index is 0.138. The third kappa shape index (κ3) is 2.29. The zero-order chi connectivity index (χ0) is 16.1. The van der Waals surface area contributed by atoms with E-state index in [1.54, 1.807) is 6.21 Å². The highest BCUT2D eigenvalue weighted by Gasteiger charge is 2.56. The number of halogens is 1. The number of imide groups is 1. The van der Waals surface area contributed by atoms with Crippen LogP contribution in [0.3, 0.4) is 0 Å². The van der Waals surface area contributed by atoms with Crippen LogP contribution >= 0.6 is 15.9 Å². The number of amides is 2. The van der Waals surface area contributed by atoms with E-state index in [0.29, 0.717) is 0 Å². The van der Waals surface area contributed by atoms with Crippen LogP contribution in [-0.2, 0) is 9.59 Å². The van der Waals surface area contributed by atoms with Crippen LogP contribution in [0.25, 0.3) is 0 Å². The molecule has 1 aromatic rings. The largest absolute Gasteiger partial charge is 0.272 e. The highest BCUT2D eigenvalue weighted by Crippen LogP contribution is 2.49. The molecule has 4 atom stereocenters. The Morgan fingerprint density at radius 2 is 1.74 bits per heavy atom. The first kappa shape index (κ1) is 14.8. The molecule has 4 nitrogen and oxygen atoms in total. The smallest absolute Gasteiger partial charge is 0.254 e. The molecule has 1 saturated carbocycles. The van der Waals surface area contributed by atoms with Gasteiger partial charge < -0.3 is 0 Å². The van der Waals surface area contributed by atoms with E-state index in [0.717, 1.165) is 33.5 Å². The van der Waals surface area contributed by atoms with Crippen LogP contribution in [0, 0.1) is 30.6 Å². The fraction of sp³-hybridized carbons (Fsp3) is 0.389. The summed E-state index contributed by atoms with van der Waals surface area (Å²) in [5, 5.41) is 5.31. The van der Waals surface area contributed by atoms with Crippen LogP contribution in [0.15, 0.2) is 39.9 Å². The second-order valence-corrected chi connectivity index (χ2v) is 7.44. The summed E-state index contributed by atoms with van der Waals surface area (Å²) in [6.07, 6.45) is 7.83. The molecule has 2 amide bonds. The summed E-state index contributed by atoms with van der Waals surface area (Å²) in [4.78, 5) is 25.3. The number of rotatable bonds is 2. The molecule has 23 heavy (non-hydrogen) atoms. The number of fused-ring (bicyclic) bond motifs is 1. The first-order valence-electron chi connectivity index (χ1n) is 7.92. The third-order valence-electron chi connectivity index (χ3n) is 5.25. The van der Waals surface area contributed by atoms with Gasteiger partial charge in [-0.1, -0.05) is 40.2 Å². The van der Waals surface area contributed by atoms with Crippen molar-refractivity contribution in [1.29, 1.82) is 0 Å². The maximum absolute atomic E-state index is 12.6. The predicted molar refractivity (Wildman–Crippen MR) is 90.7 cm³/mol. The Labute approximate surface area is 143 Å². The molecule has 1 aliphatic heterocycles. The summed E-state index contributed by atoms with van der Waals surface area (Å²) in [7, 11) is 0. The molecule has 2 bridgehead atoms. The predicted octanol–water partition coefficient (Wildman–Crippen LogP) is 3.29. The summed E-state index contributed by atoms with van der Waals surface area (Å²) in [5.41, 5.74) is 1.99. The van der Waals surface area contributed by atoms with Gasteiger partial charge in [0.25, 0.3) is 11.8 Å². The number of hydrazone groups is 1. The zero-order valence-corrected chi connectivity index (χ0v) is 14.4. The van der Waals surface area contributed by atoms with Gasteiger partial charge in [0.15, 0.2) is 0 Å². The zero-order valence-electron chi connectivity index (χ0n) is 12.8. The Morgan fingerprint density at radius 1 is 1.13 bits per heavy atom. The minimum Gasteiger partial charge on any atom is -0.272 e. The molecule has 1 aromatic carbocycles. The molecule has 0 spiro atoms. The van der Waals surface area contributed by atoms with E-state index in [1.807, 2.05) is 25.1 Å². The second-order valence-electron chi connectivity index (χ2n) is 6.58. The average Bonchev–Trinajstić information content (AvgIpc) is 2.83. The standard InChI is InChI=1S/C18H17BrN2O2/c1-10-2-3-11(8-14(10)19)9-20-21-17(22)15-12-4-5-13(7-6-12)16(15)18(21)23/h2-5,8-9,12-13,15-16H,6-7H2,1H3/b20-9-/t12-,13+,15+,16-. The summed E-state index contributed by atoms with van der Waals surface area (Å²) >= 11 is 3.48. The molecule has 0 aromatic heterocycles. The molecule has 0 unspecified atom stereocenters. The highest BCUT2D eigenvalue weighted by molar-refractivity contribution is 9.10. The average molecular weight is 373 g/mol. The van der Waals surface area contributed by atoms with Crippen LogP contribution in [0.1, 0.15) is 24.0 Å². The molecular formula is C18H17BrN2O2. The number of hydrogen-bond donors (Lipinski definition) is 0. The van der Waals surface area contributed by atoms with E-state index >= 15 is 0 Å². The van der Waals surface area contributed by atoms with Crippen molar-refractivity contribution < 1.29 is 9.59 Å². The number of hydrogen-bond acceptors (Lipinski definition) is 3. The van der Waals surface area contributed by atoms with Gasteiger partial charge in [0.05, 0.1) is 18.1 Å². The molecule has 5 heteroatoms. The van der Waals surface area contributed by atoms with Crippen LogP contribution in [0.4, 0.5) is 0 Å². The molecule has 1 heterocycles. The number of nitrogens with zero attached hydrogens (tertiary/aromatic N) is 2. The van der Waals surface area contributed by atoms with Crippen molar-refractivity contribution in [2.45, 2.75) is 19.8 Å². The molecular weight excluding hydrogens is 356 g/mol. The van der Waals surface area contributed by atoms with Crippen molar-refractivity contribution >= 4 is 34.0 Å². The van der Waals surface area contributed by atoms with E-state index < -0.39 is 0 Å². The number of carbonyl (C=O) groups excluding carboxylic acids is 2. The van der Waals surface area contributed by atoms with Crippen LogP contribution in [0.5, 0.6) is 0 Å². The normalized spacial score (nSPS) is 32.2. The summed E-state index contributed by atoms with van der Waals surface area (Å²) < 4.78 is 0.983. The van der Waals surface area contributed by atoms with E-state index in [2.05, 4.69) is 33.2 Å². The topological polar surface area (TPSA) is 49.7 Å². The monoisotopic (exact) mass is 372 g/mol.